The fourth-order valence-electron chi connectivity index (χ4n) is 3.67. The maximum absolute atomic E-state index is 6.17. The highest BCUT2D eigenvalue weighted by Gasteiger charge is 2.41. The van der Waals surface area contributed by atoms with E-state index in [-0.39, 0.29) is 5.54 Å². The number of nitrogens with zero attached hydrogens (tertiary/aromatic N) is 2. The van der Waals surface area contributed by atoms with Gasteiger partial charge in [0.2, 0.25) is 0 Å². The number of piperidine rings is 1. The summed E-state index contributed by atoms with van der Waals surface area (Å²) in [5.74, 6) is 0. The highest BCUT2D eigenvalue weighted by molar-refractivity contribution is 5.60. The second-order valence-corrected chi connectivity index (χ2v) is 5.80. The Balaban J connectivity index is 1.94. The van der Waals surface area contributed by atoms with E-state index in [1.165, 1.54) is 37.1 Å². The molecule has 1 aromatic rings. The lowest BCUT2D eigenvalue weighted by molar-refractivity contribution is 0.176. The first kappa shape index (κ1) is 12.0. The van der Waals surface area contributed by atoms with Gasteiger partial charge >= 0.3 is 0 Å². The zero-order chi connectivity index (χ0) is 12.6. The van der Waals surface area contributed by atoms with Crippen LogP contribution in [0, 0.1) is 0 Å². The van der Waals surface area contributed by atoms with Crippen molar-refractivity contribution in [3.63, 3.8) is 0 Å². The minimum Gasteiger partial charge on any atom is -0.363 e. The first-order valence-corrected chi connectivity index (χ1v) is 6.99. The van der Waals surface area contributed by atoms with Crippen LogP contribution in [0.4, 0.5) is 5.69 Å². The predicted molar refractivity (Wildman–Crippen MR) is 76.0 cm³/mol. The van der Waals surface area contributed by atoms with E-state index in [0.717, 1.165) is 19.6 Å². The molecule has 0 spiro atoms. The highest BCUT2D eigenvalue weighted by atomic mass is 15.3. The second kappa shape index (κ2) is 4.56. The fourth-order valence-corrected chi connectivity index (χ4v) is 3.67. The summed E-state index contributed by atoms with van der Waals surface area (Å²) in [7, 11) is 2.21. The smallest absolute Gasteiger partial charge is 0.0651 e. The third-order valence-corrected chi connectivity index (χ3v) is 4.59. The lowest BCUT2D eigenvalue weighted by Crippen LogP contribution is -2.61. The van der Waals surface area contributed by atoms with Crippen LogP contribution in [-0.2, 0) is 6.42 Å². The molecule has 0 radical (unpaired) electrons. The third-order valence-electron chi connectivity index (χ3n) is 4.59. The van der Waals surface area contributed by atoms with Gasteiger partial charge in [0.1, 0.15) is 0 Å². The average molecular weight is 245 g/mol. The van der Waals surface area contributed by atoms with Gasteiger partial charge in [0.25, 0.3) is 0 Å². The van der Waals surface area contributed by atoms with Crippen LogP contribution in [0.1, 0.15) is 18.4 Å². The van der Waals surface area contributed by atoms with Crippen molar-refractivity contribution in [3.05, 3.63) is 29.8 Å². The average Bonchev–Trinajstić information content (AvgIpc) is 2.83. The van der Waals surface area contributed by atoms with E-state index >= 15 is 0 Å². The number of anilines is 1. The van der Waals surface area contributed by atoms with Gasteiger partial charge < -0.3 is 15.5 Å². The molecule has 98 valence electrons. The lowest BCUT2D eigenvalue weighted by Gasteiger charge is -2.48. The van der Waals surface area contributed by atoms with Crippen molar-refractivity contribution < 1.29 is 0 Å². The summed E-state index contributed by atoms with van der Waals surface area (Å²) in [4.78, 5) is 5.01. The molecular formula is C15H23N3. The van der Waals surface area contributed by atoms with Gasteiger partial charge in [0, 0.05) is 25.3 Å². The number of rotatable bonds is 2. The summed E-state index contributed by atoms with van der Waals surface area (Å²) in [6.45, 7) is 4.19. The number of para-hydroxylation sites is 1. The van der Waals surface area contributed by atoms with Crippen LogP contribution in [0.2, 0.25) is 0 Å². The molecule has 0 bridgehead atoms. The zero-order valence-corrected chi connectivity index (χ0v) is 11.2. The van der Waals surface area contributed by atoms with Crippen LogP contribution in [0.5, 0.6) is 0 Å². The van der Waals surface area contributed by atoms with E-state index in [9.17, 15) is 0 Å². The molecule has 3 heteroatoms. The van der Waals surface area contributed by atoms with Gasteiger partial charge in [-0.2, -0.15) is 0 Å². The number of likely N-dealkylation sites (N-methyl/N-ethyl adjacent to an activating group) is 1. The molecule has 0 aromatic heterocycles. The van der Waals surface area contributed by atoms with Gasteiger partial charge in [-0.3, -0.25) is 0 Å². The molecule has 18 heavy (non-hydrogen) atoms. The Morgan fingerprint density at radius 1 is 1.28 bits per heavy atom. The molecule has 0 aliphatic carbocycles. The Morgan fingerprint density at radius 2 is 2.11 bits per heavy atom. The normalized spacial score (nSPS) is 28.4. The van der Waals surface area contributed by atoms with Crippen molar-refractivity contribution in [1.29, 1.82) is 0 Å². The molecule has 1 atom stereocenters. The van der Waals surface area contributed by atoms with Gasteiger partial charge in [0.15, 0.2) is 0 Å². The van der Waals surface area contributed by atoms with Crippen molar-refractivity contribution in [2.24, 2.45) is 5.73 Å². The summed E-state index contributed by atoms with van der Waals surface area (Å²) >= 11 is 0. The van der Waals surface area contributed by atoms with Crippen molar-refractivity contribution in [1.82, 2.24) is 4.90 Å². The van der Waals surface area contributed by atoms with E-state index in [2.05, 4.69) is 41.1 Å². The molecule has 1 aromatic carbocycles. The van der Waals surface area contributed by atoms with Gasteiger partial charge in [-0.05, 0) is 44.5 Å². The topological polar surface area (TPSA) is 32.5 Å². The first-order valence-electron chi connectivity index (χ1n) is 6.99. The Bertz CT molecular complexity index is 432. The second-order valence-electron chi connectivity index (χ2n) is 5.80. The van der Waals surface area contributed by atoms with Crippen LogP contribution in [0.15, 0.2) is 24.3 Å². The Kier molecular flexibility index (Phi) is 3.04. The number of likely N-dealkylation sites (tertiary alicyclic amines) is 1. The highest BCUT2D eigenvalue weighted by Crippen LogP contribution is 2.37. The molecule has 1 fully saturated rings. The summed E-state index contributed by atoms with van der Waals surface area (Å²) in [6, 6.07) is 8.80. The zero-order valence-electron chi connectivity index (χ0n) is 11.2. The van der Waals surface area contributed by atoms with Gasteiger partial charge in [-0.1, -0.05) is 18.2 Å². The van der Waals surface area contributed by atoms with Crippen LogP contribution in [0.25, 0.3) is 0 Å². The van der Waals surface area contributed by atoms with Crippen molar-refractivity contribution in [2.75, 3.05) is 38.1 Å². The molecule has 0 amide bonds. The molecule has 1 unspecified atom stereocenters. The summed E-state index contributed by atoms with van der Waals surface area (Å²) in [5.41, 5.74) is 9.22. The summed E-state index contributed by atoms with van der Waals surface area (Å²) < 4.78 is 0. The maximum atomic E-state index is 6.17. The number of hydrogen-bond donors (Lipinski definition) is 1. The minimum absolute atomic E-state index is 0.152. The van der Waals surface area contributed by atoms with Crippen LogP contribution < -0.4 is 10.6 Å². The van der Waals surface area contributed by atoms with Crippen LogP contribution in [-0.4, -0.2) is 43.7 Å². The van der Waals surface area contributed by atoms with E-state index in [0.29, 0.717) is 0 Å². The van der Waals surface area contributed by atoms with E-state index in [1.54, 1.807) is 0 Å². The molecular weight excluding hydrogens is 222 g/mol. The van der Waals surface area contributed by atoms with Crippen molar-refractivity contribution in [3.8, 4) is 0 Å². The van der Waals surface area contributed by atoms with Crippen LogP contribution >= 0.6 is 0 Å². The number of hydrogen-bond acceptors (Lipinski definition) is 3. The lowest BCUT2D eigenvalue weighted by atomic mass is 9.87. The Hall–Kier alpha value is -1.06. The molecule has 2 aliphatic heterocycles. The third kappa shape index (κ3) is 1.82. The maximum Gasteiger partial charge on any atom is 0.0651 e. The van der Waals surface area contributed by atoms with E-state index in [1.807, 2.05) is 0 Å². The molecule has 0 saturated carbocycles. The van der Waals surface area contributed by atoms with Crippen molar-refractivity contribution >= 4 is 5.69 Å². The van der Waals surface area contributed by atoms with Gasteiger partial charge in [-0.25, -0.2) is 0 Å². The molecule has 1 saturated heterocycles. The van der Waals surface area contributed by atoms with Gasteiger partial charge in [0.05, 0.1) is 5.54 Å². The molecule has 2 aliphatic rings. The first-order chi connectivity index (χ1) is 8.75. The standard InChI is InChI=1S/C15H23N3/c1-17-9-4-8-15(11-16,12-17)18-10-7-13-5-2-3-6-14(13)18/h2-3,5-6H,4,7-12,16H2,1H3. The molecule has 3 nitrogen and oxygen atoms in total. The minimum atomic E-state index is 0.152. The largest absolute Gasteiger partial charge is 0.363 e. The molecule has 2 heterocycles. The summed E-state index contributed by atoms with van der Waals surface area (Å²) in [6.07, 6.45) is 3.65. The fraction of sp³-hybridized carbons (Fsp3) is 0.600. The molecule has 3 rings (SSSR count). The SMILES string of the molecule is CN1CCCC(CN)(N2CCc3ccccc32)C1. The van der Waals surface area contributed by atoms with Gasteiger partial charge in [-0.15, -0.1) is 0 Å². The quantitative estimate of drug-likeness (QED) is 0.856. The number of benzene rings is 1. The monoisotopic (exact) mass is 245 g/mol. The Morgan fingerprint density at radius 3 is 2.89 bits per heavy atom. The summed E-state index contributed by atoms with van der Waals surface area (Å²) in [5, 5.41) is 0. The van der Waals surface area contributed by atoms with E-state index < -0.39 is 0 Å². The van der Waals surface area contributed by atoms with Crippen LogP contribution in [0.3, 0.4) is 0 Å². The molecule has 2 N–H and O–H groups in total. The van der Waals surface area contributed by atoms with E-state index in [4.69, 9.17) is 5.73 Å². The number of nitrogens with two attached hydrogens (primary N) is 1. The predicted octanol–water partition coefficient (Wildman–Crippen LogP) is 1.47. The van der Waals surface area contributed by atoms with Crippen molar-refractivity contribution in [2.45, 2.75) is 24.8 Å². The Labute approximate surface area is 110 Å². The number of fused-ring (bicyclic) bond motifs is 1.